The zero-order valence-electron chi connectivity index (χ0n) is 29.1. The topological polar surface area (TPSA) is 6.48 Å². The lowest BCUT2D eigenvalue weighted by Crippen LogP contribution is -2.59. The number of nitrogens with zero attached hydrogens (tertiary/aromatic N) is 2. The van der Waals surface area contributed by atoms with Gasteiger partial charge in [0.2, 0.25) is 13.4 Å². The van der Waals surface area contributed by atoms with Crippen LogP contribution in [0.5, 0.6) is 0 Å². The monoisotopic (exact) mass is 640 g/mol. The molecule has 2 nitrogen and oxygen atoms in total. The van der Waals surface area contributed by atoms with Crippen LogP contribution in [0.25, 0.3) is 0 Å². The first-order chi connectivity index (χ1) is 24.4. The Morgan fingerprint density at radius 2 is 0.600 bits per heavy atom. The van der Waals surface area contributed by atoms with Gasteiger partial charge in [0.25, 0.3) is 0 Å². The number of hydrogen-bond donors (Lipinski definition) is 0. The van der Waals surface area contributed by atoms with Gasteiger partial charge in [-0.15, -0.1) is 0 Å². The second-order valence-electron chi connectivity index (χ2n) is 14.1. The van der Waals surface area contributed by atoms with Crippen LogP contribution in [0.4, 0.5) is 34.1 Å². The van der Waals surface area contributed by atoms with E-state index in [2.05, 4.69) is 195 Å². The molecule has 0 fully saturated rings. The fourth-order valence-electron chi connectivity index (χ4n) is 8.27. The summed E-state index contributed by atoms with van der Waals surface area (Å²) in [7, 11) is 0. The summed E-state index contributed by atoms with van der Waals surface area (Å²) in [6.45, 7) is 9.03. The Balaban J connectivity index is 1.19. The Morgan fingerprint density at radius 1 is 0.320 bits per heavy atom. The van der Waals surface area contributed by atoms with Gasteiger partial charge >= 0.3 is 0 Å². The number of para-hydroxylation sites is 2. The van der Waals surface area contributed by atoms with Gasteiger partial charge in [-0.3, -0.25) is 0 Å². The summed E-state index contributed by atoms with van der Waals surface area (Å²) in [4.78, 5) is 4.90. The summed E-state index contributed by atoms with van der Waals surface area (Å²) in [5.41, 5.74) is 20.4. The van der Waals surface area contributed by atoms with Crippen molar-refractivity contribution in [3.63, 3.8) is 0 Å². The van der Waals surface area contributed by atoms with Gasteiger partial charge in [0.1, 0.15) is 0 Å². The molecule has 0 N–H and O–H groups in total. The average Bonchev–Trinajstić information content (AvgIpc) is 3.13. The molecule has 238 valence electrons. The molecule has 2 aliphatic rings. The van der Waals surface area contributed by atoms with Crippen LogP contribution in [-0.4, -0.2) is 13.4 Å². The largest absolute Gasteiger partial charge is 0.312 e. The molecule has 0 spiro atoms. The lowest BCUT2D eigenvalue weighted by atomic mass is 9.33. The van der Waals surface area contributed by atoms with Crippen LogP contribution in [-0.2, 0) is 0 Å². The average molecular weight is 640 g/mol. The van der Waals surface area contributed by atoms with E-state index in [4.69, 9.17) is 0 Å². The molecule has 4 heteroatoms. The number of aryl methyl sites for hydroxylation is 4. The Morgan fingerprint density at radius 3 is 0.880 bits per heavy atom. The molecular weight excluding hydrogens is 602 g/mol. The molecule has 0 aliphatic carbocycles. The van der Waals surface area contributed by atoms with Gasteiger partial charge in [-0.05, 0) is 120 Å². The standard InChI is InChI=1S/C46H38B2N2/c1-31-15-23-39-43(27-31)49(37-11-7-5-8-12-37)44-28-32(2)16-24-40(44)47(39)35-19-21-36(22-20-35)48-41-25-17-33(3)29-45(41)50(38-13-9-6-10-14-38)46-30-34(4)18-26-42(46)48/h5-30H,1-4H3. The van der Waals surface area contributed by atoms with Crippen LogP contribution in [0.15, 0.2) is 158 Å². The van der Waals surface area contributed by atoms with E-state index in [1.54, 1.807) is 0 Å². The zero-order chi connectivity index (χ0) is 33.9. The van der Waals surface area contributed by atoms with Gasteiger partial charge in [0.15, 0.2) is 0 Å². The first-order valence-corrected chi connectivity index (χ1v) is 17.7. The molecule has 50 heavy (non-hydrogen) atoms. The Labute approximate surface area is 296 Å². The lowest BCUT2D eigenvalue weighted by molar-refractivity contribution is 1.27. The number of benzene rings is 7. The molecular formula is C46H38B2N2. The minimum Gasteiger partial charge on any atom is -0.312 e. The van der Waals surface area contributed by atoms with Gasteiger partial charge in [0, 0.05) is 34.1 Å². The van der Waals surface area contributed by atoms with Crippen molar-refractivity contribution in [3.05, 3.63) is 180 Å². The molecule has 2 aliphatic heterocycles. The number of fused-ring (bicyclic) bond motifs is 4. The van der Waals surface area contributed by atoms with Gasteiger partial charge in [-0.2, -0.15) is 0 Å². The molecule has 0 radical (unpaired) electrons. The summed E-state index contributed by atoms with van der Waals surface area (Å²) >= 11 is 0. The molecule has 9 rings (SSSR count). The zero-order valence-corrected chi connectivity index (χ0v) is 29.1. The first-order valence-electron chi connectivity index (χ1n) is 17.7. The van der Waals surface area contributed by atoms with Crippen molar-refractivity contribution >= 4 is 80.3 Å². The minimum atomic E-state index is 0.125. The van der Waals surface area contributed by atoms with Gasteiger partial charge in [-0.25, -0.2) is 0 Å². The van der Waals surface area contributed by atoms with Crippen molar-refractivity contribution in [2.75, 3.05) is 9.80 Å². The highest BCUT2D eigenvalue weighted by atomic mass is 15.2. The van der Waals surface area contributed by atoms with E-state index in [-0.39, 0.29) is 13.4 Å². The van der Waals surface area contributed by atoms with Gasteiger partial charge < -0.3 is 9.80 Å². The molecule has 0 atom stereocenters. The van der Waals surface area contributed by atoms with Crippen molar-refractivity contribution in [1.82, 2.24) is 0 Å². The molecule has 0 saturated heterocycles. The van der Waals surface area contributed by atoms with E-state index in [1.165, 1.54) is 89.2 Å². The normalized spacial score (nSPS) is 13.0. The van der Waals surface area contributed by atoms with Crippen molar-refractivity contribution in [2.45, 2.75) is 27.7 Å². The molecule has 0 saturated carbocycles. The van der Waals surface area contributed by atoms with Crippen LogP contribution in [0.1, 0.15) is 22.3 Å². The van der Waals surface area contributed by atoms with Crippen molar-refractivity contribution < 1.29 is 0 Å². The van der Waals surface area contributed by atoms with Crippen molar-refractivity contribution in [2.24, 2.45) is 0 Å². The molecule has 7 aromatic rings. The van der Waals surface area contributed by atoms with Crippen molar-refractivity contribution in [1.29, 1.82) is 0 Å². The third-order valence-corrected chi connectivity index (χ3v) is 10.6. The maximum absolute atomic E-state index is 2.45. The van der Waals surface area contributed by atoms with Crippen molar-refractivity contribution in [3.8, 4) is 0 Å². The van der Waals surface area contributed by atoms with Gasteiger partial charge in [0.05, 0.1) is 0 Å². The lowest BCUT2D eigenvalue weighted by Gasteiger charge is -2.38. The van der Waals surface area contributed by atoms with Crippen LogP contribution >= 0.6 is 0 Å². The van der Waals surface area contributed by atoms with E-state index in [1.807, 2.05) is 0 Å². The number of rotatable bonds is 4. The number of anilines is 6. The smallest absolute Gasteiger partial charge is 0.246 e. The number of hydrogen-bond acceptors (Lipinski definition) is 2. The summed E-state index contributed by atoms with van der Waals surface area (Å²) in [6.07, 6.45) is 0. The third kappa shape index (κ3) is 4.98. The highest BCUT2D eigenvalue weighted by Crippen LogP contribution is 2.38. The van der Waals surface area contributed by atoms with E-state index in [9.17, 15) is 0 Å². The second-order valence-corrected chi connectivity index (χ2v) is 14.1. The Kier molecular flexibility index (Phi) is 7.28. The molecule has 0 bridgehead atoms. The second kappa shape index (κ2) is 12.0. The van der Waals surface area contributed by atoms with Crippen LogP contribution in [0.3, 0.4) is 0 Å². The quantitative estimate of drug-likeness (QED) is 0.184. The third-order valence-electron chi connectivity index (χ3n) is 10.6. The highest BCUT2D eigenvalue weighted by Gasteiger charge is 2.38. The molecule has 0 unspecified atom stereocenters. The maximum Gasteiger partial charge on any atom is 0.246 e. The minimum absolute atomic E-state index is 0.125. The van der Waals surface area contributed by atoms with E-state index < -0.39 is 0 Å². The summed E-state index contributed by atoms with van der Waals surface area (Å²) in [5, 5.41) is 0. The van der Waals surface area contributed by atoms with Crippen LogP contribution < -0.4 is 42.6 Å². The Hall–Kier alpha value is -5.73. The fraction of sp³-hybridized carbons (Fsp3) is 0.0870. The van der Waals surface area contributed by atoms with E-state index in [0.29, 0.717) is 0 Å². The van der Waals surface area contributed by atoms with Crippen LogP contribution in [0, 0.1) is 27.7 Å². The predicted octanol–water partition coefficient (Wildman–Crippen LogP) is 7.52. The maximum atomic E-state index is 2.45. The van der Waals surface area contributed by atoms with Crippen LogP contribution in [0.2, 0.25) is 0 Å². The molecule has 0 amide bonds. The summed E-state index contributed by atoms with van der Waals surface area (Å²) in [6, 6.07) is 59.0. The molecule has 7 aromatic carbocycles. The fourth-order valence-corrected chi connectivity index (χ4v) is 8.27. The molecule has 0 aromatic heterocycles. The predicted molar refractivity (Wildman–Crippen MR) is 217 cm³/mol. The Bertz CT molecular complexity index is 2110. The van der Waals surface area contributed by atoms with E-state index in [0.717, 1.165) is 0 Å². The van der Waals surface area contributed by atoms with E-state index >= 15 is 0 Å². The summed E-state index contributed by atoms with van der Waals surface area (Å²) < 4.78 is 0. The molecule has 2 heterocycles. The highest BCUT2D eigenvalue weighted by molar-refractivity contribution is 6.99. The summed E-state index contributed by atoms with van der Waals surface area (Å²) in [5.74, 6) is 0. The SMILES string of the molecule is Cc1ccc2c(c1)N(c1ccccc1)c1cc(C)ccc1B2c1ccc(B2c3ccc(C)cc3N(c3ccccc3)c3cc(C)ccc32)cc1. The first kappa shape index (κ1) is 30.3. The van der Waals surface area contributed by atoms with Gasteiger partial charge in [-0.1, -0.05) is 120 Å².